The summed E-state index contributed by atoms with van der Waals surface area (Å²) in [5.74, 6) is 0.415. The van der Waals surface area contributed by atoms with E-state index in [-0.39, 0.29) is 29.8 Å². The Labute approximate surface area is 212 Å². The van der Waals surface area contributed by atoms with Crippen LogP contribution in [0.1, 0.15) is 85.3 Å². The Morgan fingerprint density at radius 1 is 1.14 bits per heavy atom. The minimum absolute atomic E-state index is 0.0347. The normalized spacial score (nSPS) is 15.4. The maximum absolute atomic E-state index is 12.3. The van der Waals surface area contributed by atoms with Gasteiger partial charge in [0.05, 0.1) is 6.10 Å². The van der Waals surface area contributed by atoms with Gasteiger partial charge < -0.3 is 26.6 Å². The molecule has 0 aliphatic heterocycles. The highest BCUT2D eigenvalue weighted by atomic mass is 16.5. The largest absolute Gasteiger partial charge is 0.483 e. The molecule has 0 spiro atoms. The molecule has 7 heteroatoms. The highest BCUT2D eigenvalue weighted by molar-refractivity contribution is 5.78. The van der Waals surface area contributed by atoms with Crippen molar-refractivity contribution in [2.45, 2.75) is 98.1 Å². The molecule has 0 aromatic heterocycles. The van der Waals surface area contributed by atoms with E-state index in [2.05, 4.69) is 59.0 Å². The summed E-state index contributed by atoms with van der Waals surface area (Å²) < 4.78 is 5.75. The van der Waals surface area contributed by atoms with Gasteiger partial charge in [0.1, 0.15) is 5.75 Å². The van der Waals surface area contributed by atoms with Crippen LogP contribution >= 0.6 is 0 Å². The minimum Gasteiger partial charge on any atom is -0.483 e. The zero-order valence-corrected chi connectivity index (χ0v) is 22.9. The molecular weight excluding hydrogens is 442 g/mol. The van der Waals surface area contributed by atoms with Gasteiger partial charge in [0.15, 0.2) is 6.61 Å². The fourth-order valence-corrected chi connectivity index (χ4v) is 4.19. The first-order chi connectivity index (χ1) is 16.3. The molecule has 35 heavy (non-hydrogen) atoms. The van der Waals surface area contributed by atoms with Gasteiger partial charge in [-0.15, -0.1) is 0 Å². The second kappa shape index (κ2) is 14.4. The van der Waals surface area contributed by atoms with Gasteiger partial charge in [0.2, 0.25) is 5.91 Å². The van der Waals surface area contributed by atoms with Crippen LogP contribution in [0.25, 0.3) is 0 Å². The predicted molar refractivity (Wildman–Crippen MR) is 142 cm³/mol. The van der Waals surface area contributed by atoms with E-state index < -0.39 is 18.1 Å². The zero-order valence-electron chi connectivity index (χ0n) is 22.9. The van der Waals surface area contributed by atoms with Crippen molar-refractivity contribution in [1.82, 2.24) is 5.32 Å². The Bertz CT molecular complexity index is 804. The van der Waals surface area contributed by atoms with Crippen LogP contribution in [0.4, 0.5) is 0 Å². The van der Waals surface area contributed by atoms with Crippen LogP contribution in [0.2, 0.25) is 0 Å². The van der Waals surface area contributed by atoms with Gasteiger partial charge in [0, 0.05) is 18.5 Å². The second-order valence-corrected chi connectivity index (χ2v) is 11.3. The van der Waals surface area contributed by atoms with Crippen LogP contribution in [0.5, 0.6) is 5.75 Å². The standard InChI is InChI=1S/C28H49N3O4/c1-8-9-12-31-27(34)19(4)13-24(32)23(29)16-21(18(2)3)14-20-10-11-22(28(5,6)7)25(15-20)35-17-26(30)33/h10-11,15,18-19,21,23-24,32H,8-9,12-14,16-17,29H2,1-7H3,(H2,30,33)(H,31,34)/t19?,21-,23-,24-/m0/s1. The third-order valence-electron chi connectivity index (χ3n) is 6.61. The molecule has 0 saturated heterocycles. The first-order valence-corrected chi connectivity index (χ1v) is 13.0. The smallest absolute Gasteiger partial charge is 0.255 e. The van der Waals surface area contributed by atoms with Gasteiger partial charge in [-0.1, -0.05) is 67.0 Å². The fraction of sp³-hybridized carbons (Fsp3) is 0.714. The number of hydrogen-bond acceptors (Lipinski definition) is 5. The number of nitrogens with two attached hydrogens (primary N) is 2. The molecule has 2 amide bonds. The van der Waals surface area contributed by atoms with Crippen molar-refractivity contribution in [2.75, 3.05) is 13.2 Å². The van der Waals surface area contributed by atoms with Crippen molar-refractivity contribution < 1.29 is 19.4 Å². The summed E-state index contributed by atoms with van der Waals surface area (Å²) in [5.41, 5.74) is 13.7. The van der Waals surface area contributed by atoms with Gasteiger partial charge in [-0.25, -0.2) is 0 Å². The minimum atomic E-state index is -0.749. The third kappa shape index (κ3) is 11.0. The van der Waals surface area contributed by atoms with Crippen molar-refractivity contribution in [1.29, 1.82) is 0 Å². The van der Waals surface area contributed by atoms with E-state index in [1.54, 1.807) is 0 Å². The molecule has 0 bridgehead atoms. The van der Waals surface area contributed by atoms with Crippen molar-refractivity contribution in [3.05, 3.63) is 29.3 Å². The SMILES string of the molecule is CCCCNC(=O)C(C)C[C@H](O)[C@@H](N)C[C@H](Cc1ccc(C(C)(C)C)c(OCC(N)=O)c1)C(C)C. The van der Waals surface area contributed by atoms with Crippen LogP contribution in [-0.4, -0.2) is 42.2 Å². The number of aliphatic hydroxyl groups is 1. The third-order valence-corrected chi connectivity index (χ3v) is 6.61. The number of carbonyl (C=O) groups excluding carboxylic acids is 2. The van der Waals surface area contributed by atoms with Crippen LogP contribution in [0, 0.1) is 17.8 Å². The van der Waals surface area contributed by atoms with Crippen LogP contribution in [0.3, 0.4) is 0 Å². The van der Waals surface area contributed by atoms with Gasteiger partial charge in [-0.3, -0.25) is 9.59 Å². The molecule has 1 rings (SSSR count). The average molecular weight is 492 g/mol. The Balaban J connectivity index is 2.88. The number of aliphatic hydroxyl groups excluding tert-OH is 1. The monoisotopic (exact) mass is 491 g/mol. The van der Waals surface area contributed by atoms with Crippen LogP contribution in [-0.2, 0) is 21.4 Å². The number of ether oxygens (including phenoxy) is 1. The summed E-state index contributed by atoms with van der Waals surface area (Å²) in [5, 5.41) is 13.7. The van der Waals surface area contributed by atoms with Gasteiger partial charge in [-0.2, -0.15) is 0 Å². The molecule has 0 aliphatic carbocycles. The lowest BCUT2D eigenvalue weighted by atomic mass is 9.81. The fourth-order valence-electron chi connectivity index (χ4n) is 4.19. The van der Waals surface area contributed by atoms with Crippen LogP contribution in [0.15, 0.2) is 18.2 Å². The summed E-state index contributed by atoms with van der Waals surface area (Å²) in [6.07, 6.45) is 2.97. The maximum Gasteiger partial charge on any atom is 0.255 e. The van der Waals surface area contributed by atoms with Gasteiger partial charge in [0.25, 0.3) is 5.91 Å². The molecule has 6 N–H and O–H groups in total. The lowest BCUT2D eigenvalue weighted by molar-refractivity contribution is -0.125. The number of benzene rings is 1. The van der Waals surface area contributed by atoms with Crippen molar-refractivity contribution in [2.24, 2.45) is 29.2 Å². The molecule has 7 nitrogen and oxygen atoms in total. The number of unbranched alkanes of at least 4 members (excludes halogenated alkanes) is 1. The summed E-state index contributed by atoms with van der Waals surface area (Å²) >= 11 is 0. The average Bonchev–Trinajstić information content (AvgIpc) is 2.76. The molecule has 0 radical (unpaired) electrons. The first-order valence-electron chi connectivity index (χ1n) is 13.0. The summed E-state index contributed by atoms with van der Waals surface area (Å²) in [4.78, 5) is 23.6. The molecule has 0 fully saturated rings. The van der Waals surface area contributed by atoms with Crippen molar-refractivity contribution in [3.63, 3.8) is 0 Å². The Morgan fingerprint density at radius 3 is 2.34 bits per heavy atom. The lowest BCUT2D eigenvalue weighted by Crippen LogP contribution is -2.41. The number of primary amides is 1. The van der Waals surface area contributed by atoms with Gasteiger partial charge in [-0.05, 0) is 60.1 Å². The molecule has 0 heterocycles. The van der Waals surface area contributed by atoms with E-state index in [1.165, 1.54) is 0 Å². The molecular formula is C28H49N3O4. The number of rotatable bonds is 15. The molecule has 1 unspecified atom stereocenters. The van der Waals surface area contributed by atoms with E-state index >= 15 is 0 Å². The second-order valence-electron chi connectivity index (χ2n) is 11.3. The molecule has 1 aromatic rings. The van der Waals surface area contributed by atoms with Crippen LogP contribution < -0.4 is 21.5 Å². The molecule has 200 valence electrons. The Morgan fingerprint density at radius 2 is 1.80 bits per heavy atom. The molecule has 0 saturated carbocycles. The highest BCUT2D eigenvalue weighted by Gasteiger charge is 2.26. The number of hydrogen-bond donors (Lipinski definition) is 4. The first kappa shape index (κ1) is 30.9. The van der Waals surface area contributed by atoms with Gasteiger partial charge >= 0.3 is 0 Å². The van der Waals surface area contributed by atoms with E-state index in [9.17, 15) is 14.7 Å². The van der Waals surface area contributed by atoms with E-state index in [1.807, 2.05) is 13.0 Å². The maximum atomic E-state index is 12.3. The Kier molecular flexibility index (Phi) is 12.8. The van der Waals surface area contributed by atoms with E-state index in [4.69, 9.17) is 16.2 Å². The van der Waals surface area contributed by atoms with E-state index in [0.717, 1.165) is 30.4 Å². The Hall–Kier alpha value is -2.12. The molecule has 1 aromatic carbocycles. The van der Waals surface area contributed by atoms with E-state index in [0.29, 0.717) is 31.1 Å². The molecule has 0 aliphatic rings. The van der Waals surface area contributed by atoms with Crippen molar-refractivity contribution >= 4 is 11.8 Å². The number of nitrogens with one attached hydrogen (secondary N) is 1. The predicted octanol–water partition coefficient (Wildman–Crippen LogP) is 3.68. The number of amides is 2. The summed E-state index contributed by atoms with van der Waals surface area (Å²) in [6, 6.07) is 5.71. The summed E-state index contributed by atoms with van der Waals surface area (Å²) in [7, 11) is 0. The topological polar surface area (TPSA) is 128 Å². The zero-order chi connectivity index (χ0) is 26.8. The summed E-state index contributed by atoms with van der Waals surface area (Å²) in [6.45, 7) is 15.0. The number of carbonyl (C=O) groups is 2. The quantitative estimate of drug-likeness (QED) is 0.278. The highest BCUT2D eigenvalue weighted by Crippen LogP contribution is 2.34. The lowest BCUT2D eigenvalue weighted by Gasteiger charge is -2.29. The molecule has 4 atom stereocenters. The van der Waals surface area contributed by atoms with Crippen molar-refractivity contribution in [3.8, 4) is 5.75 Å².